The molecule has 0 amide bonds. The van der Waals surface area contributed by atoms with Gasteiger partial charge in [0.25, 0.3) is 0 Å². The van der Waals surface area contributed by atoms with Crippen molar-refractivity contribution in [1.82, 2.24) is 0 Å². The van der Waals surface area contributed by atoms with E-state index in [0.717, 1.165) is 70.6 Å². The van der Waals surface area contributed by atoms with Crippen molar-refractivity contribution in [2.75, 3.05) is 47.5 Å². The second-order valence-electron chi connectivity index (χ2n) is 22.3. The zero-order valence-corrected chi connectivity index (χ0v) is 51.5. The van der Waals surface area contributed by atoms with Crippen LogP contribution in [-0.4, -0.2) is 82.3 Å². The first-order valence-electron chi connectivity index (χ1n) is 32.0. The summed E-state index contributed by atoms with van der Waals surface area (Å²) in [4.78, 5) is 37.4. The van der Waals surface area contributed by atoms with Gasteiger partial charge >= 0.3 is 11.9 Å². The van der Waals surface area contributed by atoms with Gasteiger partial charge in [0, 0.05) is 12.8 Å². The number of nitrogens with zero attached hydrogens (tertiary/aromatic N) is 1. The molecule has 0 fully saturated rings. The lowest BCUT2D eigenvalue weighted by Gasteiger charge is -2.26. The SMILES string of the molecule is CC/C=C\C/C=C\C/C=C\C/C=C\C/C=C\C/C=C\C/C=C\CCCC(=O)OC(COC(=O)CCCCCCCCCCCCCCCCCCCCC/C=C\C/C=C\CCCCCCC)COC(OCC[N+](C)(C)C)C(=O)[O-]. The monoisotopic (exact) mass is 1100 g/mol. The Morgan fingerprint density at radius 3 is 1.11 bits per heavy atom. The maximum Gasteiger partial charge on any atom is 0.306 e. The summed E-state index contributed by atoms with van der Waals surface area (Å²) in [6.07, 6.45) is 80.3. The maximum atomic E-state index is 12.9. The molecule has 0 saturated heterocycles. The lowest BCUT2D eigenvalue weighted by molar-refractivity contribution is -0.870. The summed E-state index contributed by atoms with van der Waals surface area (Å²) in [5.41, 5.74) is 0. The predicted octanol–water partition coefficient (Wildman–Crippen LogP) is 18.1. The molecule has 0 saturated carbocycles. The first-order valence-corrected chi connectivity index (χ1v) is 32.0. The number of aliphatic carboxylic acids is 1. The lowest BCUT2D eigenvalue weighted by Crippen LogP contribution is -2.44. The molecule has 0 aromatic carbocycles. The van der Waals surface area contributed by atoms with Crippen LogP contribution in [0, 0.1) is 0 Å². The molecule has 0 N–H and O–H groups in total. The molecule has 0 aliphatic carbocycles. The number of hydrogen-bond donors (Lipinski definition) is 0. The van der Waals surface area contributed by atoms with Crippen LogP contribution in [0.15, 0.2) is 109 Å². The third kappa shape index (κ3) is 61.4. The Labute approximate surface area is 485 Å². The van der Waals surface area contributed by atoms with E-state index < -0.39 is 24.3 Å². The van der Waals surface area contributed by atoms with Crippen LogP contribution in [0.5, 0.6) is 0 Å². The van der Waals surface area contributed by atoms with Crippen molar-refractivity contribution in [3.05, 3.63) is 109 Å². The zero-order chi connectivity index (χ0) is 57.6. The van der Waals surface area contributed by atoms with Crippen LogP contribution in [0.25, 0.3) is 0 Å². The largest absolute Gasteiger partial charge is 0.545 e. The van der Waals surface area contributed by atoms with Gasteiger partial charge in [-0.2, -0.15) is 0 Å². The highest BCUT2D eigenvalue weighted by Crippen LogP contribution is 2.16. The van der Waals surface area contributed by atoms with Gasteiger partial charge in [-0.05, 0) is 96.3 Å². The number of allylic oxidation sites excluding steroid dienone is 18. The molecular formula is C70H119NO8. The number of esters is 2. The van der Waals surface area contributed by atoms with E-state index in [0.29, 0.717) is 23.9 Å². The molecule has 452 valence electrons. The zero-order valence-electron chi connectivity index (χ0n) is 51.5. The first-order chi connectivity index (χ1) is 38.6. The Bertz CT molecular complexity index is 1660. The Balaban J connectivity index is 4.22. The summed E-state index contributed by atoms with van der Waals surface area (Å²) in [7, 11) is 5.90. The van der Waals surface area contributed by atoms with Crippen LogP contribution in [0.1, 0.15) is 258 Å². The van der Waals surface area contributed by atoms with Gasteiger partial charge in [-0.25, -0.2) is 0 Å². The number of carbonyl (C=O) groups excluding carboxylic acids is 3. The summed E-state index contributed by atoms with van der Waals surface area (Å²) in [5.74, 6) is -2.37. The second-order valence-corrected chi connectivity index (χ2v) is 22.3. The minimum absolute atomic E-state index is 0.132. The van der Waals surface area contributed by atoms with Crippen molar-refractivity contribution in [2.45, 2.75) is 270 Å². The van der Waals surface area contributed by atoms with Gasteiger partial charge in [-0.3, -0.25) is 9.59 Å². The molecule has 0 radical (unpaired) electrons. The average molecular weight is 1100 g/mol. The minimum atomic E-state index is -1.64. The van der Waals surface area contributed by atoms with E-state index in [1.807, 2.05) is 21.1 Å². The van der Waals surface area contributed by atoms with E-state index in [4.69, 9.17) is 18.9 Å². The summed E-state index contributed by atoms with van der Waals surface area (Å²) in [6, 6.07) is 0. The Morgan fingerprint density at radius 1 is 0.392 bits per heavy atom. The molecule has 0 rings (SSSR count). The maximum absolute atomic E-state index is 12.9. The molecule has 0 spiro atoms. The second kappa shape index (κ2) is 60.1. The molecular weight excluding hydrogens is 983 g/mol. The van der Waals surface area contributed by atoms with E-state index in [9.17, 15) is 19.5 Å². The minimum Gasteiger partial charge on any atom is -0.545 e. The highest BCUT2D eigenvalue weighted by atomic mass is 16.7. The number of carbonyl (C=O) groups is 3. The highest BCUT2D eigenvalue weighted by molar-refractivity contribution is 5.70. The predicted molar refractivity (Wildman–Crippen MR) is 333 cm³/mol. The molecule has 0 bridgehead atoms. The van der Waals surface area contributed by atoms with Crippen molar-refractivity contribution in [2.24, 2.45) is 0 Å². The van der Waals surface area contributed by atoms with E-state index >= 15 is 0 Å². The van der Waals surface area contributed by atoms with Gasteiger partial charge in [0.2, 0.25) is 0 Å². The van der Waals surface area contributed by atoms with Gasteiger partial charge in [0.15, 0.2) is 12.4 Å². The van der Waals surface area contributed by atoms with Gasteiger partial charge < -0.3 is 33.3 Å². The summed E-state index contributed by atoms with van der Waals surface area (Å²) < 4.78 is 22.7. The molecule has 2 atom stereocenters. The van der Waals surface area contributed by atoms with E-state index in [1.165, 1.54) is 148 Å². The van der Waals surface area contributed by atoms with Gasteiger partial charge in [0.1, 0.15) is 13.2 Å². The number of carboxylic acid groups (broad SMARTS) is 1. The molecule has 0 heterocycles. The standard InChI is InChI=1S/C70H119NO8/c1-6-8-10-12-14-16-18-20-22-24-26-28-30-31-32-33-34-35-36-37-39-40-42-44-46-48-50-52-54-56-58-60-67(72)77-64-66(65-78-70(69(74)75)76-63-62-71(3,4)5)79-68(73)61-59-57-55-53-51-49-47-45-43-41-38-29-27-25-23-21-19-17-15-13-11-9-7-2/h9,11,15,17-18,20-21,23-24,26-27,29,41,43,47,49,53,55,66,70H,6-8,10,12-14,16,19,22,25,28,30-40,42,44-46,48,50-52,54,56-65H2,1-5H3/b11-9-,17-15-,20-18-,23-21-,26-24-,29-27-,43-41-,49-47-,55-53-. The smallest absolute Gasteiger partial charge is 0.306 e. The van der Waals surface area contributed by atoms with Gasteiger partial charge in [-0.15, -0.1) is 0 Å². The van der Waals surface area contributed by atoms with Crippen LogP contribution < -0.4 is 5.11 Å². The number of hydrogen-bond acceptors (Lipinski definition) is 8. The number of quaternary nitrogens is 1. The number of likely N-dealkylation sites (N-methyl/N-ethyl adjacent to an activating group) is 1. The number of unbranched alkanes of at least 4 members (excludes halogenated alkanes) is 25. The number of ether oxygens (including phenoxy) is 4. The molecule has 0 aliphatic heterocycles. The Morgan fingerprint density at radius 2 is 0.734 bits per heavy atom. The van der Waals surface area contributed by atoms with Crippen LogP contribution in [-0.2, 0) is 33.3 Å². The third-order valence-corrected chi connectivity index (χ3v) is 13.5. The van der Waals surface area contributed by atoms with E-state index in [2.05, 4.69) is 123 Å². The van der Waals surface area contributed by atoms with Gasteiger partial charge in [0.05, 0.1) is 40.3 Å². The fourth-order valence-electron chi connectivity index (χ4n) is 8.62. The van der Waals surface area contributed by atoms with Crippen molar-refractivity contribution < 1.29 is 42.9 Å². The van der Waals surface area contributed by atoms with Crippen molar-refractivity contribution in [1.29, 1.82) is 0 Å². The fraction of sp³-hybridized carbons (Fsp3) is 0.700. The van der Waals surface area contributed by atoms with Crippen LogP contribution in [0.2, 0.25) is 0 Å². The summed E-state index contributed by atoms with van der Waals surface area (Å²) in [6.45, 7) is 4.56. The lowest BCUT2D eigenvalue weighted by atomic mass is 10.0. The third-order valence-electron chi connectivity index (χ3n) is 13.5. The molecule has 2 unspecified atom stereocenters. The number of rotatable bonds is 58. The van der Waals surface area contributed by atoms with Crippen molar-refractivity contribution in [3.63, 3.8) is 0 Å². The summed E-state index contributed by atoms with van der Waals surface area (Å²) >= 11 is 0. The summed E-state index contributed by atoms with van der Waals surface area (Å²) in [5, 5.41) is 11.8. The van der Waals surface area contributed by atoms with Crippen LogP contribution in [0.3, 0.4) is 0 Å². The normalized spacial score (nSPS) is 13.5. The van der Waals surface area contributed by atoms with Crippen molar-refractivity contribution >= 4 is 17.9 Å². The molecule has 0 aromatic rings. The molecule has 9 nitrogen and oxygen atoms in total. The van der Waals surface area contributed by atoms with Crippen LogP contribution in [0.4, 0.5) is 0 Å². The Hall–Kier alpha value is -4.05. The number of carboxylic acids is 1. The van der Waals surface area contributed by atoms with Gasteiger partial charge in [-0.1, -0.05) is 258 Å². The van der Waals surface area contributed by atoms with Crippen LogP contribution >= 0.6 is 0 Å². The average Bonchev–Trinajstić information content (AvgIpc) is 3.42. The Kier molecular flexibility index (Phi) is 57.0. The van der Waals surface area contributed by atoms with E-state index in [-0.39, 0.29) is 38.6 Å². The highest BCUT2D eigenvalue weighted by Gasteiger charge is 2.22. The quantitative estimate of drug-likeness (QED) is 0.0195. The molecule has 9 heteroatoms. The van der Waals surface area contributed by atoms with E-state index in [1.54, 1.807) is 0 Å². The van der Waals surface area contributed by atoms with Crippen molar-refractivity contribution in [3.8, 4) is 0 Å². The molecule has 0 aromatic heterocycles. The first kappa shape index (κ1) is 75.0. The molecule has 0 aliphatic rings. The topological polar surface area (TPSA) is 111 Å². The fourth-order valence-corrected chi connectivity index (χ4v) is 8.62. The molecule has 79 heavy (non-hydrogen) atoms.